The molecule has 1 aromatic carbocycles. The van der Waals surface area contributed by atoms with Crippen LogP contribution >= 0.6 is 0 Å². The Hall–Kier alpha value is -1.33. The van der Waals surface area contributed by atoms with Crippen LogP contribution in [0.1, 0.15) is 39.7 Å². The molecule has 0 saturated heterocycles. The number of nitrogens with zero attached hydrogens (tertiary/aromatic N) is 1. The highest BCUT2D eigenvalue weighted by Crippen LogP contribution is 2.20. The third-order valence-corrected chi connectivity index (χ3v) is 3.99. The number of carbonyl (C=O) groups is 1. The molecule has 23 heavy (non-hydrogen) atoms. The van der Waals surface area contributed by atoms with E-state index < -0.39 is 13.9 Å². The predicted octanol–water partition coefficient (Wildman–Crippen LogP) is 5.01. The topological polar surface area (TPSA) is 38.8 Å². The van der Waals surface area contributed by atoms with Crippen LogP contribution in [0.3, 0.4) is 0 Å². The van der Waals surface area contributed by atoms with Crippen LogP contribution in [0, 0.1) is 0 Å². The number of rotatable bonds is 6. The van der Waals surface area contributed by atoms with Gasteiger partial charge in [0.05, 0.1) is 6.54 Å². The third kappa shape index (κ3) is 7.66. The van der Waals surface area contributed by atoms with Crippen molar-refractivity contribution in [3.63, 3.8) is 0 Å². The summed E-state index contributed by atoms with van der Waals surface area (Å²) >= 11 is 0. The molecule has 1 atom stereocenters. The summed E-state index contributed by atoms with van der Waals surface area (Å²) in [4.78, 5) is 14.4. The van der Waals surface area contributed by atoms with Gasteiger partial charge < -0.3 is 9.16 Å². The van der Waals surface area contributed by atoms with Crippen LogP contribution in [-0.4, -0.2) is 31.1 Å². The average molecular weight is 338 g/mol. The van der Waals surface area contributed by atoms with Gasteiger partial charge in [0.1, 0.15) is 11.8 Å². The Balaban J connectivity index is 3.01. The number of amides is 1. The molecule has 0 aliphatic carbocycles. The lowest BCUT2D eigenvalue weighted by Gasteiger charge is -2.36. The van der Waals surface area contributed by atoms with Crippen molar-refractivity contribution < 1.29 is 14.0 Å². The van der Waals surface area contributed by atoms with E-state index in [1.54, 1.807) is 4.90 Å². The molecule has 1 unspecified atom stereocenters. The predicted molar refractivity (Wildman–Crippen MR) is 96.7 cm³/mol. The Morgan fingerprint density at radius 2 is 1.74 bits per heavy atom. The molecule has 1 aromatic rings. The normalized spacial score (nSPS) is 13.5. The molecule has 1 amide bonds. The molecule has 130 valence electrons. The first-order valence-electron chi connectivity index (χ1n) is 8.23. The SMILES string of the molecule is CCC(O[Si](C)(C)C)N(Cc1ccccc1)C(=O)OC(C)(C)C. The fraction of sp³-hybridized carbons (Fsp3) is 0.611. The van der Waals surface area contributed by atoms with Crippen molar-refractivity contribution in [1.29, 1.82) is 0 Å². The van der Waals surface area contributed by atoms with Crippen molar-refractivity contribution in [2.75, 3.05) is 0 Å². The summed E-state index contributed by atoms with van der Waals surface area (Å²) < 4.78 is 11.8. The molecule has 0 aromatic heterocycles. The maximum Gasteiger partial charge on any atom is 0.412 e. The molecule has 1 rings (SSSR count). The smallest absolute Gasteiger partial charge is 0.412 e. The Morgan fingerprint density at radius 1 is 1.17 bits per heavy atom. The van der Waals surface area contributed by atoms with Gasteiger partial charge in [-0.25, -0.2) is 4.79 Å². The highest BCUT2D eigenvalue weighted by atomic mass is 28.4. The Kier molecular flexibility index (Phi) is 6.83. The summed E-state index contributed by atoms with van der Waals surface area (Å²) in [6.45, 7) is 14.6. The van der Waals surface area contributed by atoms with Crippen molar-refractivity contribution >= 4 is 14.4 Å². The van der Waals surface area contributed by atoms with Crippen molar-refractivity contribution in [2.24, 2.45) is 0 Å². The lowest BCUT2D eigenvalue weighted by Crippen LogP contribution is -2.47. The van der Waals surface area contributed by atoms with Crippen molar-refractivity contribution in [1.82, 2.24) is 4.90 Å². The maximum absolute atomic E-state index is 12.7. The fourth-order valence-corrected chi connectivity index (χ4v) is 3.27. The summed E-state index contributed by atoms with van der Waals surface area (Å²) in [5.41, 5.74) is 0.541. The van der Waals surface area contributed by atoms with E-state index in [1.807, 2.05) is 58.0 Å². The molecule has 0 fully saturated rings. The van der Waals surface area contributed by atoms with Gasteiger partial charge in [-0.3, -0.25) is 4.90 Å². The van der Waals surface area contributed by atoms with Gasteiger partial charge in [0.25, 0.3) is 0 Å². The van der Waals surface area contributed by atoms with Gasteiger partial charge >= 0.3 is 6.09 Å². The number of ether oxygens (including phenoxy) is 1. The quantitative estimate of drug-likeness (QED) is 0.541. The summed E-state index contributed by atoms with van der Waals surface area (Å²) in [6.07, 6.45) is 0.138. The lowest BCUT2D eigenvalue weighted by molar-refractivity contribution is -0.0277. The molecule has 0 bridgehead atoms. The van der Waals surface area contributed by atoms with Gasteiger partial charge in [0.2, 0.25) is 0 Å². The second-order valence-corrected chi connectivity index (χ2v) is 12.1. The summed E-state index contributed by atoms with van der Waals surface area (Å²) in [5, 5.41) is 0. The first kappa shape index (κ1) is 19.7. The maximum atomic E-state index is 12.7. The highest BCUT2D eigenvalue weighted by molar-refractivity contribution is 6.69. The molecule has 0 N–H and O–H groups in total. The van der Waals surface area contributed by atoms with Crippen LogP contribution in [0.5, 0.6) is 0 Å². The second kappa shape index (κ2) is 7.97. The van der Waals surface area contributed by atoms with Crippen LogP contribution in [-0.2, 0) is 15.7 Å². The van der Waals surface area contributed by atoms with E-state index in [1.165, 1.54) is 0 Å². The molecule has 4 nitrogen and oxygen atoms in total. The number of carbonyl (C=O) groups excluding carboxylic acids is 1. The summed E-state index contributed by atoms with van der Waals surface area (Å²) in [6, 6.07) is 9.94. The van der Waals surface area contributed by atoms with Crippen molar-refractivity contribution in [3.8, 4) is 0 Å². The van der Waals surface area contributed by atoms with E-state index in [0.717, 1.165) is 12.0 Å². The van der Waals surface area contributed by atoms with Gasteiger partial charge in [0.15, 0.2) is 8.32 Å². The minimum Gasteiger partial charge on any atom is -0.444 e. The Bertz CT molecular complexity index is 491. The van der Waals surface area contributed by atoms with E-state index in [2.05, 4.69) is 19.6 Å². The van der Waals surface area contributed by atoms with Gasteiger partial charge in [-0.1, -0.05) is 37.3 Å². The average Bonchev–Trinajstić information content (AvgIpc) is 2.40. The molecule has 0 heterocycles. The van der Waals surface area contributed by atoms with Crippen LogP contribution in [0.25, 0.3) is 0 Å². The van der Waals surface area contributed by atoms with E-state index in [9.17, 15) is 4.79 Å². The second-order valence-electron chi connectivity index (χ2n) is 7.69. The standard InChI is InChI=1S/C18H31NO3Si/c1-8-16(22-23(5,6)7)19(17(20)21-18(2,3)4)14-15-12-10-9-11-13-15/h9-13,16H,8,14H2,1-7H3. The van der Waals surface area contributed by atoms with E-state index in [4.69, 9.17) is 9.16 Å². The number of benzene rings is 1. The minimum absolute atomic E-state index is 0.267. The van der Waals surface area contributed by atoms with Crippen LogP contribution in [0.2, 0.25) is 19.6 Å². The van der Waals surface area contributed by atoms with Gasteiger partial charge in [-0.2, -0.15) is 0 Å². The number of hydrogen-bond acceptors (Lipinski definition) is 3. The molecule has 0 aliphatic heterocycles. The zero-order valence-corrected chi connectivity index (χ0v) is 16.6. The van der Waals surface area contributed by atoms with E-state index in [-0.39, 0.29) is 12.3 Å². The first-order chi connectivity index (χ1) is 10.5. The van der Waals surface area contributed by atoms with Gasteiger partial charge in [0, 0.05) is 0 Å². The highest BCUT2D eigenvalue weighted by Gasteiger charge is 2.31. The first-order valence-corrected chi connectivity index (χ1v) is 11.6. The largest absolute Gasteiger partial charge is 0.444 e. The summed E-state index contributed by atoms with van der Waals surface area (Å²) in [7, 11) is -1.78. The molecule has 0 spiro atoms. The minimum atomic E-state index is -1.78. The van der Waals surface area contributed by atoms with Crippen LogP contribution < -0.4 is 0 Å². The third-order valence-electron chi connectivity index (χ3n) is 3.01. The number of hydrogen-bond donors (Lipinski definition) is 0. The molecular weight excluding hydrogens is 306 g/mol. The van der Waals surface area contributed by atoms with E-state index >= 15 is 0 Å². The van der Waals surface area contributed by atoms with Gasteiger partial charge in [-0.15, -0.1) is 0 Å². The Labute approximate surface area is 141 Å². The van der Waals surface area contributed by atoms with Crippen LogP contribution in [0.15, 0.2) is 30.3 Å². The zero-order valence-electron chi connectivity index (χ0n) is 15.6. The van der Waals surface area contributed by atoms with Crippen molar-refractivity contribution in [2.45, 2.75) is 72.1 Å². The molecule has 0 aliphatic rings. The summed E-state index contributed by atoms with van der Waals surface area (Å²) in [5.74, 6) is 0. The lowest BCUT2D eigenvalue weighted by atomic mass is 10.2. The van der Waals surface area contributed by atoms with Crippen molar-refractivity contribution in [3.05, 3.63) is 35.9 Å². The monoisotopic (exact) mass is 337 g/mol. The zero-order chi connectivity index (χ0) is 17.7. The molecule has 0 radical (unpaired) electrons. The Morgan fingerprint density at radius 3 is 2.17 bits per heavy atom. The molecular formula is C18H31NO3Si. The fourth-order valence-electron chi connectivity index (χ4n) is 2.16. The van der Waals surface area contributed by atoms with E-state index in [0.29, 0.717) is 6.54 Å². The molecule has 0 saturated carbocycles. The van der Waals surface area contributed by atoms with Gasteiger partial charge in [-0.05, 0) is 52.4 Å². The molecule has 5 heteroatoms. The van der Waals surface area contributed by atoms with Crippen LogP contribution in [0.4, 0.5) is 4.79 Å².